The predicted octanol–water partition coefficient (Wildman–Crippen LogP) is 3.63. The van der Waals surface area contributed by atoms with Crippen molar-refractivity contribution >= 4 is 21.6 Å². The summed E-state index contributed by atoms with van der Waals surface area (Å²) in [6.45, 7) is 3.92. The highest BCUT2D eigenvalue weighted by Gasteiger charge is 2.16. The third kappa shape index (κ3) is 4.64. The lowest BCUT2D eigenvalue weighted by atomic mass is 10.1. The summed E-state index contributed by atoms with van der Waals surface area (Å²) in [5.41, 5.74) is 3.10. The number of furan rings is 1. The van der Waals surface area contributed by atoms with Gasteiger partial charge in [-0.15, -0.1) is 0 Å². The van der Waals surface area contributed by atoms with E-state index < -0.39 is 10.0 Å². The molecular formula is C20H20N2O4S. The van der Waals surface area contributed by atoms with Crippen molar-refractivity contribution in [3.63, 3.8) is 0 Å². The fourth-order valence-electron chi connectivity index (χ4n) is 2.51. The Morgan fingerprint density at radius 1 is 1.04 bits per heavy atom. The maximum absolute atomic E-state index is 12.4. The van der Waals surface area contributed by atoms with Crippen LogP contribution in [0, 0.1) is 13.8 Å². The largest absolute Gasteiger partial charge is 0.468 e. The van der Waals surface area contributed by atoms with Crippen LogP contribution < -0.4 is 10.0 Å². The number of hydrogen-bond acceptors (Lipinski definition) is 4. The molecule has 0 aliphatic heterocycles. The quantitative estimate of drug-likeness (QED) is 0.679. The van der Waals surface area contributed by atoms with Crippen LogP contribution >= 0.6 is 0 Å². The van der Waals surface area contributed by atoms with E-state index >= 15 is 0 Å². The van der Waals surface area contributed by atoms with Gasteiger partial charge in [0.1, 0.15) is 5.76 Å². The van der Waals surface area contributed by atoms with Gasteiger partial charge in [0.2, 0.25) is 10.0 Å². The molecule has 0 aliphatic rings. The number of benzene rings is 2. The summed E-state index contributed by atoms with van der Waals surface area (Å²) in [5.74, 6) is 0.222. The molecule has 1 aromatic heterocycles. The second-order valence-corrected chi connectivity index (χ2v) is 7.97. The lowest BCUT2D eigenvalue weighted by Crippen LogP contribution is -2.23. The Kier molecular flexibility index (Phi) is 5.43. The summed E-state index contributed by atoms with van der Waals surface area (Å²) in [5, 5.41) is 2.85. The molecule has 3 rings (SSSR count). The van der Waals surface area contributed by atoms with Gasteiger partial charge in [0.25, 0.3) is 5.91 Å². The van der Waals surface area contributed by atoms with Crippen LogP contribution in [0.25, 0.3) is 0 Å². The van der Waals surface area contributed by atoms with Crippen molar-refractivity contribution in [2.45, 2.75) is 25.3 Å². The van der Waals surface area contributed by atoms with E-state index in [1.54, 1.807) is 12.1 Å². The third-order valence-electron chi connectivity index (χ3n) is 4.08. The molecule has 0 radical (unpaired) electrons. The summed E-state index contributed by atoms with van der Waals surface area (Å²) in [7, 11) is -3.69. The molecule has 0 saturated carbocycles. The summed E-state index contributed by atoms with van der Waals surface area (Å²) in [4.78, 5) is 12.5. The number of rotatable bonds is 6. The molecule has 2 N–H and O–H groups in total. The molecule has 2 aromatic carbocycles. The fourth-order valence-corrected chi connectivity index (χ4v) is 3.51. The highest BCUT2D eigenvalue weighted by molar-refractivity contribution is 7.89. The molecule has 27 heavy (non-hydrogen) atoms. The van der Waals surface area contributed by atoms with Crippen LogP contribution in [0.3, 0.4) is 0 Å². The first-order valence-electron chi connectivity index (χ1n) is 8.36. The summed E-state index contributed by atoms with van der Waals surface area (Å²) in [6.07, 6.45) is 1.48. The van der Waals surface area contributed by atoms with E-state index in [1.165, 1.54) is 30.5 Å². The van der Waals surface area contributed by atoms with E-state index in [0.717, 1.165) is 16.8 Å². The van der Waals surface area contributed by atoms with E-state index in [-0.39, 0.29) is 17.3 Å². The van der Waals surface area contributed by atoms with Crippen molar-refractivity contribution in [1.82, 2.24) is 4.72 Å². The van der Waals surface area contributed by atoms with Gasteiger partial charge in [0.15, 0.2) is 0 Å². The zero-order valence-electron chi connectivity index (χ0n) is 15.0. The van der Waals surface area contributed by atoms with Crippen LogP contribution in [-0.4, -0.2) is 14.3 Å². The number of carbonyl (C=O) groups excluding carboxylic acids is 1. The van der Waals surface area contributed by atoms with Crippen LogP contribution in [0.4, 0.5) is 5.69 Å². The Balaban J connectivity index is 1.70. The van der Waals surface area contributed by atoms with Gasteiger partial charge in [0.05, 0.1) is 17.7 Å². The van der Waals surface area contributed by atoms with Gasteiger partial charge in [-0.2, -0.15) is 0 Å². The third-order valence-corrected chi connectivity index (χ3v) is 5.50. The minimum Gasteiger partial charge on any atom is -0.468 e. The van der Waals surface area contributed by atoms with Crippen LogP contribution in [0.5, 0.6) is 0 Å². The highest BCUT2D eigenvalue weighted by Crippen LogP contribution is 2.18. The Morgan fingerprint density at radius 2 is 1.78 bits per heavy atom. The molecule has 3 aromatic rings. The second kappa shape index (κ2) is 7.77. The molecule has 1 heterocycles. The molecule has 0 atom stereocenters. The predicted molar refractivity (Wildman–Crippen MR) is 103 cm³/mol. The topological polar surface area (TPSA) is 88.4 Å². The summed E-state index contributed by atoms with van der Waals surface area (Å²) >= 11 is 0. The Bertz CT molecular complexity index is 1040. The number of aryl methyl sites for hydroxylation is 2. The first-order valence-corrected chi connectivity index (χ1v) is 9.84. The van der Waals surface area contributed by atoms with Crippen molar-refractivity contribution in [1.29, 1.82) is 0 Å². The van der Waals surface area contributed by atoms with E-state index in [2.05, 4.69) is 10.0 Å². The maximum atomic E-state index is 12.4. The van der Waals surface area contributed by atoms with Crippen molar-refractivity contribution in [3.8, 4) is 0 Å². The molecule has 0 bridgehead atoms. The van der Waals surface area contributed by atoms with Gasteiger partial charge < -0.3 is 9.73 Å². The van der Waals surface area contributed by atoms with E-state index in [9.17, 15) is 13.2 Å². The number of amides is 1. The fraction of sp³-hybridized carbons (Fsp3) is 0.150. The molecule has 1 amide bonds. The first-order chi connectivity index (χ1) is 12.8. The number of nitrogens with one attached hydrogen (secondary N) is 2. The van der Waals surface area contributed by atoms with Gasteiger partial charge in [-0.25, -0.2) is 13.1 Å². The molecule has 6 nitrogen and oxygen atoms in total. The second-order valence-electron chi connectivity index (χ2n) is 6.20. The van der Waals surface area contributed by atoms with Gasteiger partial charge in [-0.05, 0) is 67.4 Å². The van der Waals surface area contributed by atoms with Crippen LogP contribution in [-0.2, 0) is 16.6 Å². The van der Waals surface area contributed by atoms with Crippen molar-refractivity contribution in [2.24, 2.45) is 0 Å². The molecule has 0 fully saturated rings. The Hall–Kier alpha value is -2.90. The Morgan fingerprint density at radius 3 is 2.44 bits per heavy atom. The molecule has 0 unspecified atom stereocenters. The summed E-state index contributed by atoms with van der Waals surface area (Å²) in [6, 6.07) is 15.0. The smallest absolute Gasteiger partial charge is 0.255 e. The van der Waals surface area contributed by atoms with Gasteiger partial charge >= 0.3 is 0 Å². The molecule has 140 valence electrons. The SMILES string of the molecule is Cc1ccc(C)c(NC(=O)c2ccc(S(=O)(=O)NCc3ccco3)cc2)c1. The lowest BCUT2D eigenvalue weighted by Gasteiger charge is -2.10. The minimum atomic E-state index is -3.69. The van der Waals surface area contributed by atoms with Crippen molar-refractivity contribution in [2.75, 3.05) is 5.32 Å². The van der Waals surface area contributed by atoms with Crippen LogP contribution in [0.2, 0.25) is 0 Å². The normalized spacial score (nSPS) is 11.3. The van der Waals surface area contributed by atoms with Crippen LogP contribution in [0.1, 0.15) is 27.2 Å². The number of sulfonamides is 1. The molecule has 0 spiro atoms. The molecule has 0 saturated heterocycles. The monoisotopic (exact) mass is 384 g/mol. The number of carbonyl (C=O) groups is 1. The van der Waals surface area contributed by atoms with Gasteiger partial charge in [0, 0.05) is 11.3 Å². The zero-order chi connectivity index (χ0) is 19.4. The van der Waals surface area contributed by atoms with E-state index in [1.807, 2.05) is 32.0 Å². The zero-order valence-corrected chi connectivity index (χ0v) is 15.8. The average molecular weight is 384 g/mol. The van der Waals surface area contributed by atoms with Crippen molar-refractivity contribution in [3.05, 3.63) is 83.3 Å². The highest BCUT2D eigenvalue weighted by atomic mass is 32.2. The average Bonchev–Trinajstić information content (AvgIpc) is 3.17. The van der Waals surface area contributed by atoms with E-state index in [4.69, 9.17) is 4.42 Å². The van der Waals surface area contributed by atoms with E-state index in [0.29, 0.717) is 11.3 Å². The van der Waals surface area contributed by atoms with Gasteiger partial charge in [-0.3, -0.25) is 4.79 Å². The summed E-state index contributed by atoms with van der Waals surface area (Å²) < 4.78 is 32.2. The molecule has 7 heteroatoms. The minimum absolute atomic E-state index is 0.0597. The van der Waals surface area contributed by atoms with Gasteiger partial charge in [-0.1, -0.05) is 12.1 Å². The molecular weight excluding hydrogens is 364 g/mol. The van der Waals surface area contributed by atoms with Crippen molar-refractivity contribution < 1.29 is 17.6 Å². The molecule has 0 aliphatic carbocycles. The standard InChI is InChI=1S/C20H20N2O4S/c1-14-5-6-15(2)19(12-14)22-20(23)16-7-9-18(10-8-16)27(24,25)21-13-17-4-3-11-26-17/h3-12,21H,13H2,1-2H3,(H,22,23). The number of hydrogen-bond donors (Lipinski definition) is 2. The first kappa shape index (κ1) is 18.9. The van der Waals surface area contributed by atoms with Crippen LogP contribution in [0.15, 0.2) is 70.2 Å². The maximum Gasteiger partial charge on any atom is 0.255 e. The number of anilines is 1. The Labute approximate surface area is 158 Å². The lowest BCUT2D eigenvalue weighted by molar-refractivity contribution is 0.102.